The molecule has 2 heterocycles. The van der Waals surface area contributed by atoms with Crippen molar-refractivity contribution in [3.05, 3.63) is 68.4 Å². The lowest BCUT2D eigenvalue weighted by Gasteiger charge is -2.29. The monoisotopic (exact) mass is 545 g/mol. The average molecular weight is 546 g/mol. The predicted molar refractivity (Wildman–Crippen MR) is 122 cm³/mol. The zero-order valence-electron chi connectivity index (χ0n) is 18.7. The molecule has 2 amide bonds. The number of alkyl halides is 3. The fraction of sp³-hybridized carbons (Fsp3) is 0.304. The van der Waals surface area contributed by atoms with Gasteiger partial charge in [0.1, 0.15) is 0 Å². The van der Waals surface area contributed by atoms with Crippen molar-refractivity contribution in [3.8, 4) is 0 Å². The molecule has 0 aliphatic carbocycles. The number of aryl methyl sites for hydroxylation is 1. The van der Waals surface area contributed by atoms with Crippen LogP contribution in [0, 0.1) is 12.7 Å². The number of oxime groups is 2. The minimum absolute atomic E-state index is 0.0682. The highest BCUT2D eigenvalue weighted by Crippen LogP contribution is 2.50. The smallest absolute Gasteiger partial charge is 0.374 e. The van der Waals surface area contributed by atoms with Crippen LogP contribution in [-0.4, -0.2) is 41.0 Å². The summed E-state index contributed by atoms with van der Waals surface area (Å²) in [5.74, 6) is -1.71. The Morgan fingerprint density at radius 2 is 1.83 bits per heavy atom. The number of hydrogen-bond acceptors (Lipinski definition) is 6. The van der Waals surface area contributed by atoms with Gasteiger partial charge in [-0.25, -0.2) is 9.29 Å². The second kappa shape index (κ2) is 9.36. The lowest BCUT2D eigenvalue weighted by atomic mass is 9.86. The van der Waals surface area contributed by atoms with Crippen molar-refractivity contribution in [2.75, 3.05) is 0 Å². The fourth-order valence-electron chi connectivity index (χ4n) is 3.94. The van der Waals surface area contributed by atoms with Crippen molar-refractivity contribution in [2.45, 2.75) is 44.7 Å². The molecular weight excluding hydrogens is 529 g/mol. The van der Waals surface area contributed by atoms with Gasteiger partial charge >= 0.3 is 6.18 Å². The molecule has 0 radical (unpaired) electrons. The zero-order chi connectivity index (χ0) is 26.4. The van der Waals surface area contributed by atoms with E-state index in [4.69, 9.17) is 32.9 Å². The largest absolute Gasteiger partial charge is 0.435 e. The maximum Gasteiger partial charge on any atom is 0.435 e. The van der Waals surface area contributed by atoms with Gasteiger partial charge in [0, 0.05) is 24.0 Å². The molecular formula is C23H17Cl2F4N3O4. The first-order valence-corrected chi connectivity index (χ1v) is 11.2. The van der Waals surface area contributed by atoms with E-state index in [1.165, 1.54) is 18.2 Å². The molecule has 2 aromatic rings. The molecule has 2 atom stereocenters. The molecule has 13 heteroatoms. The Balaban J connectivity index is 1.62. The maximum absolute atomic E-state index is 14.2. The third-order valence-electron chi connectivity index (χ3n) is 5.88. The Bertz CT molecular complexity index is 1290. The number of carbonyl (C=O) groups is 2. The van der Waals surface area contributed by atoms with Crippen molar-refractivity contribution >= 4 is 46.9 Å². The molecule has 36 heavy (non-hydrogen) atoms. The number of hydrogen-bond donors (Lipinski definition) is 0. The first-order chi connectivity index (χ1) is 16.9. The summed E-state index contributed by atoms with van der Waals surface area (Å²) < 4.78 is 56.5. The van der Waals surface area contributed by atoms with Crippen LogP contribution in [0.1, 0.15) is 46.8 Å². The Labute approximate surface area is 212 Å². The van der Waals surface area contributed by atoms with Crippen LogP contribution in [0.2, 0.25) is 10.0 Å². The van der Waals surface area contributed by atoms with Gasteiger partial charge in [-0.15, -0.1) is 0 Å². The standard InChI is InChI=1S/C23H17Cl2F4N3O4/c1-11-5-13(3-4-15(11)21(34)32(10-33)19-6-12(2)30-35-19)18-9-22(36-31-18,23(27,28)29)14-7-16(24)20(26)17(25)8-14/h3-5,7-8,10,19H,6,9H2,1-2H3/t19?,22-/m0/s1. The van der Waals surface area contributed by atoms with Crippen LogP contribution in [-0.2, 0) is 20.1 Å². The minimum Gasteiger partial charge on any atom is -0.374 e. The molecule has 0 saturated heterocycles. The molecule has 0 N–H and O–H groups in total. The number of rotatable bonds is 5. The molecule has 2 aliphatic heterocycles. The number of amides is 2. The Kier molecular flexibility index (Phi) is 6.74. The SMILES string of the molecule is CC1=NOC(N(C=O)C(=O)c2ccc(C3=NO[C@@](c4cc(Cl)c(F)c(Cl)c4)(C(F)(F)F)C3)cc2C)C1. The van der Waals surface area contributed by atoms with Crippen LogP contribution >= 0.6 is 23.2 Å². The number of nitrogens with zero attached hydrogens (tertiary/aromatic N) is 3. The van der Waals surface area contributed by atoms with E-state index in [0.717, 1.165) is 17.0 Å². The summed E-state index contributed by atoms with van der Waals surface area (Å²) in [7, 11) is 0. The van der Waals surface area contributed by atoms with Crippen molar-refractivity contribution < 1.29 is 36.8 Å². The molecule has 7 nitrogen and oxygen atoms in total. The van der Waals surface area contributed by atoms with Gasteiger partial charge in [0.2, 0.25) is 12.6 Å². The molecule has 2 aromatic carbocycles. The minimum atomic E-state index is -4.96. The lowest BCUT2D eigenvalue weighted by molar-refractivity contribution is -0.275. The predicted octanol–water partition coefficient (Wildman–Crippen LogP) is 5.74. The van der Waals surface area contributed by atoms with E-state index in [1.54, 1.807) is 13.8 Å². The summed E-state index contributed by atoms with van der Waals surface area (Å²) in [5, 5.41) is 6.19. The molecule has 190 valence electrons. The van der Waals surface area contributed by atoms with Gasteiger partial charge in [-0.1, -0.05) is 39.6 Å². The molecule has 4 rings (SSSR count). The first kappa shape index (κ1) is 25.9. The topological polar surface area (TPSA) is 80.6 Å². The number of imide groups is 1. The highest BCUT2D eigenvalue weighted by Gasteiger charge is 2.62. The summed E-state index contributed by atoms with van der Waals surface area (Å²) in [6.07, 6.45) is -6.01. The Morgan fingerprint density at radius 1 is 1.17 bits per heavy atom. The normalized spacial score (nSPS) is 21.4. The van der Waals surface area contributed by atoms with Crippen LogP contribution in [0.3, 0.4) is 0 Å². The van der Waals surface area contributed by atoms with Gasteiger partial charge in [-0.3, -0.25) is 9.59 Å². The van der Waals surface area contributed by atoms with Crippen LogP contribution < -0.4 is 0 Å². The second-order valence-corrected chi connectivity index (χ2v) is 9.14. The van der Waals surface area contributed by atoms with Crippen molar-refractivity contribution in [1.29, 1.82) is 0 Å². The molecule has 0 bridgehead atoms. The van der Waals surface area contributed by atoms with Gasteiger partial charge in [-0.2, -0.15) is 13.2 Å². The molecule has 0 spiro atoms. The molecule has 1 unspecified atom stereocenters. The average Bonchev–Trinajstić information content (AvgIpc) is 3.45. The van der Waals surface area contributed by atoms with Crippen molar-refractivity contribution in [2.24, 2.45) is 10.3 Å². The van der Waals surface area contributed by atoms with E-state index in [1.807, 2.05) is 0 Å². The van der Waals surface area contributed by atoms with Gasteiger partial charge in [0.05, 0.1) is 21.5 Å². The Morgan fingerprint density at radius 3 is 2.36 bits per heavy atom. The van der Waals surface area contributed by atoms with Gasteiger partial charge in [-0.05, 0) is 49.2 Å². The fourth-order valence-corrected chi connectivity index (χ4v) is 4.43. The van der Waals surface area contributed by atoms with E-state index in [-0.39, 0.29) is 23.3 Å². The number of carbonyl (C=O) groups excluding carboxylic acids is 2. The number of halogens is 6. The third kappa shape index (κ3) is 4.41. The van der Waals surface area contributed by atoms with E-state index < -0.39 is 51.8 Å². The quantitative estimate of drug-likeness (QED) is 0.272. The number of benzene rings is 2. The van der Waals surface area contributed by atoms with E-state index in [0.29, 0.717) is 17.7 Å². The summed E-state index contributed by atoms with van der Waals surface area (Å²) in [6.45, 7) is 3.25. The van der Waals surface area contributed by atoms with E-state index >= 15 is 0 Å². The maximum atomic E-state index is 14.2. The highest BCUT2D eigenvalue weighted by molar-refractivity contribution is 6.35. The zero-order valence-corrected chi connectivity index (χ0v) is 20.2. The summed E-state index contributed by atoms with van der Waals surface area (Å²) in [6, 6.07) is 5.80. The summed E-state index contributed by atoms with van der Waals surface area (Å²) >= 11 is 11.5. The van der Waals surface area contributed by atoms with Gasteiger partial charge in [0.25, 0.3) is 11.5 Å². The highest BCUT2D eigenvalue weighted by atomic mass is 35.5. The van der Waals surface area contributed by atoms with Crippen molar-refractivity contribution in [1.82, 2.24) is 4.90 Å². The molecule has 2 aliphatic rings. The van der Waals surface area contributed by atoms with Crippen molar-refractivity contribution in [3.63, 3.8) is 0 Å². The molecule has 0 fully saturated rings. The molecule has 0 saturated carbocycles. The summed E-state index contributed by atoms with van der Waals surface area (Å²) in [5.41, 5.74) is -2.15. The van der Waals surface area contributed by atoms with E-state index in [2.05, 4.69) is 10.3 Å². The lowest BCUT2D eigenvalue weighted by Crippen LogP contribution is -2.42. The first-order valence-electron chi connectivity index (χ1n) is 10.4. The molecule has 0 aromatic heterocycles. The van der Waals surface area contributed by atoms with E-state index in [9.17, 15) is 27.2 Å². The van der Waals surface area contributed by atoms with Crippen LogP contribution in [0.5, 0.6) is 0 Å². The van der Waals surface area contributed by atoms with Crippen LogP contribution in [0.4, 0.5) is 17.6 Å². The van der Waals surface area contributed by atoms with Crippen LogP contribution in [0.25, 0.3) is 0 Å². The van der Waals surface area contributed by atoms with Gasteiger partial charge in [0.15, 0.2) is 5.82 Å². The third-order valence-corrected chi connectivity index (χ3v) is 6.43. The summed E-state index contributed by atoms with van der Waals surface area (Å²) in [4.78, 5) is 35.4. The second-order valence-electron chi connectivity index (χ2n) is 8.32. The van der Waals surface area contributed by atoms with Gasteiger partial charge < -0.3 is 9.68 Å². The Hall–Kier alpha value is -3.18. The van der Waals surface area contributed by atoms with Crippen LogP contribution in [0.15, 0.2) is 40.6 Å².